The van der Waals surface area contributed by atoms with Crippen molar-refractivity contribution in [3.05, 3.63) is 48.6 Å². The van der Waals surface area contributed by atoms with E-state index >= 15 is 0 Å². The first-order chi connectivity index (χ1) is 15.3. The molecule has 0 aromatic heterocycles. The van der Waals surface area contributed by atoms with Gasteiger partial charge in [0.1, 0.15) is 27.0 Å². The van der Waals surface area contributed by atoms with Crippen molar-refractivity contribution in [3.63, 3.8) is 0 Å². The minimum absolute atomic E-state index is 0.0753. The van der Waals surface area contributed by atoms with E-state index < -0.39 is 50.4 Å². The Morgan fingerprint density at radius 2 is 1.36 bits per heavy atom. The summed E-state index contributed by atoms with van der Waals surface area (Å²) in [6.07, 6.45) is 3.21. The summed E-state index contributed by atoms with van der Waals surface area (Å²) >= 11 is 0. The van der Waals surface area contributed by atoms with Gasteiger partial charge in [-0.25, -0.2) is 0 Å². The summed E-state index contributed by atoms with van der Waals surface area (Å²) in [5.74, 6) is -0.191. The SMILES string of the molecule is CC=CCOc1cc2cccc3ccc4c(S(=O)(=O)O)c(S(=O)(=O)O)c(S(=O)(=O)O)c1c4c32. The molecule has 0 heterocycles. The number of benzene rings is 4. The lowest BCUT2D eigenvalue weighted by atomic mass is 9.93. The maximum Gasteiger partial charge on any atom is 0.297 e. The fraction of sp³-hybridized carbons (Fsp3) is 0.100. The molecule has 0 unspecified atom stereocenters. The van der Waals surface area contributed by atoms with Gasteiger partial charge in [-0.05, 0) is 29.1 Å². The van der Waals surface area contributed by atoms with E-state index in [0.717, 1.165) is 0 Å². The molecular weight excluding hydrogens is 496 g/mol. The van der Waals surface area contributed by atoms with Crippen molar-refractivity contribution in [1.29, 1.82) is 0 Å². The molecule has 0 saturated heterocycles. The number of rotatable bonds is 6. The van der Waals surface area contributed by atoms with Crippen LogP contribution in [0.5, 0.6) is 5.75 Å². The average Bonchev–Trinajstić information content (AvgIpc) is 2.69. The third-order valence-electron chi connectivity index (χ3n) is 5.09. The average molecular weight is 513 g/mol. The molecule has 0 bridgehead atoms. The molecule has 0 amide bonds. The smallest absolute Gasteiger partial charge is 0.297 e. The number of ether oxygens (including phenoxy) is 1. The highest BCUT2D eigenvalue weighted by molar-refractivity contribution is 7.90. The van der Waals surface area contributed by atoms with Crippen LogP contribution in [0.25, 0.3) is 32.3 Å². The van der Waals surface area contributed by atoms with E-state index in [-0.39, 0.29) is 23.1 Å². The van der Waals surface area contributed by atoms with Crippen LogP contribution < -0.4 is 4.74 Å². The molecule has 33 heavy (non-hydrogen) atoms. The molecule has 174 valence electrons. The van der Waals surface area contributed by atoms with Gasteiger partial charge >= 0.3 is 0 Å². The number of hydrogen-bond acceptors (Lipinski definition) is 7. The fourth-order valence-corrected chi connectivity index (χ4v) is 7.55. The van der Waals surface area contributed by atoms with Gasteiger partial charge in [0.05, 0.1) is 0 Å². The zero-order chi connectivity index (χ0) is 24.3. The van der Waals surface area contributed by atoms with Gasteiger partial charge in [0, 0.05) is 16.2 Å². The second-order valence-electron chi connectivity index (χ2n) is 7.11. The van der Waals surface area contributed by atoms with Crippen LogP contribution in [-0.2, 0) is 30.4 Å². The van der Waals surface area contributed by atoms with Gasteiger partial charge in [-0.15, -0.1) is 0 Å². The number of allylic oxidation sites excluding steroid dienone is 1. The Hall–Kier alpha value is -2.81. The van der Waals surface area contributed by atoms with Crippen LogP contribution in [0.3, 0.4) is 0 Å². The van der Waals surface area contributed by atoms with Gasteiger partial charge in [0.25, 0.3) is 30.4 Å². The summed E-state index contributed by atoms with van der Waals surface area (Å²) in [5, 5.41) is 0.429. The Balaban J connectivity index is 2.49. The maximum atomic E-state index is 12.4. The largest absolute Gasteiger partial charge is 0.489 e. The molecule has 10 nitrogen and oxygen atoms in total. The van der Waals surface area contributed by atoms with Crippen molar-refractivity contribution in [2.75, 3.05) is 6.61 Å². The highest BCUT2D eigenvalue weighted by atomic mass is 32.2. The van der Waals surface area contributed by atoms with Gasteiger partial charge in [0.15, 0.2) is 0 Å². The predicted octanol–water partition coefficient (Wildman–Crippen LogP) is 3.28. The van der Waals surface area contributed by atoms with E-state index in [1.807, 2.05) is 0 Å². The lowest BCUT2D eigenvalue weighted by molar-refractivity contribution is 0.366. The summed E-state index contributed by atoms with van der Waals surface area (Å²) < 4.78 is 109. The molecule has 4 aromatic carbocycles. The highest BCUT2D eigenvalue weighted by Crippen LogP contribution is 2.48. The normalized spacial score (nSPS) is 13.6. The molecule has 4 aromatic rings. The van der Waals surface area contributed by atoms with E-state index in [4.69, 9.17) is 4.74 Å². The second-order valence-corrected chi connectivity index (χ2v) is 11.2. The van der Waals surface area contributed by atoms with Gasteiger partial charge in [-0.2, -0.15) is 25.3 Å². The van der Waals surface area contributed by atoms with Crippen molar-refractivity contribution in [1.82, 2.24) is 0 Å². The molecule has 4 rings (SSSR count). The zero-order valence-corrected chi connectivity index (χ0v) is 19.2. The third-order valence-corrected chi connectivity index (χ3v) is 8.14. The standard InChI is InChI=1S/C20H16O10S3/c1-2-3-9-30-14-10-12-6-4-5-11-7-8-13-16(15(11)12)17(14)19(32(24,25)26)20(33(27,28)29)18(13)31(21,22)23/h2-8,10H,9H2,1H3,(H,21,22,23)(H,24,25,26)(H,27,28,29). The maximum absolute atomic E-state index is 12.4. The Morgan fingerprint density at radius 3 is 1.94 bits per heavy atom. The minimum atomic E-state index is -5.61. The van der Waals surface area contributed by atoms with Crippen LogP contribution in [0.4, 0.5) is 0 Å². The zero-order valence-electron chi connectivity index (χ0n) is 16.8. The van der Waals surface area contributed by atoms with Crippen molar-refractivity contribution >= 4 is 62.7 Å². The van der Waals surface area contributed by atoms with E-state index in [0.29, 0.717) is 16.2 Å². The molecule has 0 spiro atoms. The van der Waals surface area contributed by atoms with E-state index in [1.54, 1.807) is 37.3 Å². The van der Waals surface area contributed by atoms with Crippen molar-refractivity contribution in [2.45, 2.75) is 21.6 Å². The summed E-state index contributed by atoms with van der Waals surface area (Å²) in [7, 11) is -16.5. The van der Waals surface area contributed by atoms with E-state index in [2.05, 4.69) is 0 Å². The van der Waals surface area contributed by atoms with Crippen LogP contribution in [-0.4, -0.2) is 45.5 Å². The van der Waals surface area contributed by atoms with Crippen LogP contribution in [0.15, 0.2) is 63.2 Å². The van der Waals surface area contributed by atoms with Gasteiger partial charge in [-0.1, -0.05) is 42.5 Å². The molecule has 13 heteroatoms. The molecule has 3 N–H and O–H groups in total. The van der Waals surface area contributed by atoms with Gasteiger partial charge < -0.3 is 4.74 Å². The summed E-state index contributed by atoms with van der Waals surface area (Å²) in [4.78, 5) is -4.46. The summed E-state index contributed by atoms with van der Waals surface area (Å²) in [5.41, 5.74) is 0. The predicted molar refractivity (Wildman–Crippen MR) is 120 cm³/mol. The van der Waals surface area contributed by atoms with Gasteiger partial charge in [-0.3, -0.25) is 13.7 Å². The first-order valence-corrected chi connectivity index (χ1v) is 13.5. The van der Waals surface area contributed by atoms with Crippen LogP contribution in [0.2, 0.25) is 0 Å². The Bertz CT molecular complexity index is 1790. The monoisotopic (exact) mass is 512 g/mol. The summed E-state index contributed by atoms with van der Waals surface area (Å²) in [6.45, 7) is 1.63. The number of hydrogen-bond donors (Lipinski definition) is 3. The van der Waals surface area contributed by atoms with E-state index in [1.165, 1.54) is 18.2 Å². The van der Waals surface area contributed by atoms with Crippen molar-refractivity contribution in [3.8, 4) is 5.75 Å². The van der Waals surface area contributed by atoms with Crippen molar-refractivity contribution < 1.29 is 43.6 Å². The Kier molecular flexibility index (Phi) is 5.39. The molecule has 0 aliphatic heterocycles. The topological polar surface area (TPSA) is 172 Å². The lowest BCUT2D eigenvalue weighted by Crippen LogP contribution is -2.16. The second kappa shape index (κ2) is 7.62. The molecule has 0 fully saturated rings. The fourth-order valence-electron chi connectivity index (χ4n) is 3.96. The highest BCUT2D eigenvalue weighted by Gasteiger charge is 2.38. The molecule has 0 atom stereocenters. The molecule has 0 aliphatic carbocycles. The molecule has 0 saturated carbocycles. The molecular formula is C20H16O10S3. The first kappa shape index (κ1) is 23.4. The quantitative estimate of drug-likeness (QED) is 0.198. The molecule has 0 radical (unpaired) electrons. The lowest BCUT2D eigenvalue weighted by Gasteiger charge is -2.20. The third kappa shape index (κ3) is 3.82. The van der Waals surface area contributed by atoms with E-state index in [9.17, 15) is 38.9 Å². The Morgan fingerprint density at radius 1 is 0.758 bits per heavy atom. The minimum Gasteiger partial charge on any atom is -0.489 e. The van der Waals surface area contributed by atoms with Crippen molar-refractivity contribution in [2.24, 2.45) is 0 Å². The van der Waals surface area contributed by atoms with Crippen LogP contribution >= 0.6 is 0 Å². The first-order valence-electron chi connectivity index (χ1n) is 9.20. The van der Waals surface area contributed by atoms with Gasteiger partial charge in [0.2, 0.25) is 0 Å². The molecule has 0 aliphatic rings. The summed E-state index contributed by atoms with van der Waals surface area (Å²) in [6, 6.07) is 9.00. The van der Waals surface area contributed by atoms with Crippen LogP contribution in [0, 0.1) is 0 Å². The van der Waals surface area contributed by atoms with Crippen LogP contribution in [0.1, 0.15) is 6.92 Å². The Labute approximate surface area is 188 Å².